The average Bonchev–Trinajstić information content (AvgIpc) is 3.09. The second-order valence-corrected chi connectivity index (χ2v) is 8.30. The quantitative estimate of drug-likeness (QED) is 0.708. The van der Waals surface area contributed by atoms with Gasteiger partial charge < -0.3 is 10.2 Å². The minimum atomic E-state index is -0.637. The van der Waals surface area contributed by atoms with E-state index in [0.29, 0.717) is 6.54 Å². The predicted octanol–water partition coefficient (Wildman–Crippen LogP) is 2.03. The number of amides is 1. The summed E-state index contributed by atoms with van der Waals surface area (Å²) in [5.74, 6) is -0.0454. The molecule has 0 aliphatic heterocycles. The maximum absolute atomic E-state index is 12.3. The molecule has 1 aromatic heterocycles. The summed E-state index contributed by atoms with van der Waals surface area (Å²) in [5.41, 5.74) is -0.637. The van der Waals surface area contributed by atoms with Gasteiger partial charge in [-0.15, -0.1) is 11.3 Å². The van der Waals surface area contributed by atoms with Gasteiger partial charge in [-0.25, -0.2) is 0 Å². The molecule has 22 heavy (non-hydrogen) atoms. The standard InChI is InChI=1S/C16H20BrN3OS/c1-2-9-20(10-13-5-6-14(17)22-13)11-15(21)19-16(12-18)7-3-4-8-16/h2,5-6H,1,3-4,7-11H2,(H,19,21)/p+1. The second-order valence-electron chi connectivity index (χ2n) is 5.75. The summed E-state index contributed by atoms with van der Waals surface area (Å²) in [6.07, 6.45) is 5.40. The lowest BCUT2D eigenvalue weighted by Gasteiger charge is -2.23. The lowest BCUT2D eigenvalue weighted by Crippen LogP contribution is -3.11. The highest BCUT2D eigenvalue weighted by molar-refractivity contribution is 9.11. The first-order chi connectivity index (χ1) is 10.6. The maximum atomic E-state index is 12.3. The fourth-order valence-corrected chi connectivity index (χ4v) is 4.44. The Morgan fingerprint density at radius 2 is 2.27 bits per heavy atom. The van der Waals surface area contributed by atoms with E-state index in [1.54, 1.807) is 11.3 Å². The number of thiophene rings is 1. The zero-order valence-electron chi connectivity index (χ0n) is 12.5. The third-order valence-electron chi connectivity index (χ3n) is 3.95. The fraction of sp³-hybridized carbons (Fsp3) is 0.500. The van der Waals surface area contributed by atoms with Crippen LogP contribution in [0.1, 0.15) is 30.6 Å². The van der Waals surface area contributed by atoms with Gasteiger partial charge in [0.05, 0.1) is 21.3 Å². The van der Waals surface area contributed by atoms with Crippen LogP contribution in [0.5, 0.6) is 0 Å². The number of hydrogen-bond acceptors (Lipinski definition) is 3. The van der Waals surface area contributed by atoms with Crippen molar-refractivity contribution in [3.05, 3.63) is 33.5 Å². The zero-order chi connectivity index (χ0) is 16.0. The Morgan fingerprint density at radius 3 is 2.82 bits per heavy atom. The van der Waals surface area contributed by atoms with Gasteiger partial charge in [-0.3, -0.25) is 4.79 Å². The number of rotatable bonds is 7. The van der Waals surface area contributed by atoms with Crippen LogP contribution in [-0.4, -0.2) is 24.5 Å². The molecule has 0 aromatic carbocycles. The lowest BCUT2D eigenvalue weighted by atomic mass is 10.00. The van der Waals surface area contributed by atoms with Crippen LogP contribution in [0.3, 0.4) is 0 Å². The highest BCUT2D eigenvalue weighted by atomic mass is 79.9. The van der Waals surface area contributed by atoms with Gasteiger partial charge in [0.2, 0.25) is 0 Å². The molecule has 0 spiro atoms. The van der Waals surface area contributed by atoms with Crippen molar-refractivity contribution in [1.82, 2.24) is 5.32 Å². The maximum Gasteiger partial charge on any atom is 0.276 e. The molecule has 4 nitrogen and oxygen atoms in total. The van der Waals surface area contributed by atoms with Crippen molar-refractivity contribution in [2.45, 2.75) is 37.8 Å². The molecule has 1 aliphatic rings. The van der Waals surface area contributed by atoms with Crippen molar-refractivity contribution >= 4 is 33.2 Å². The Kier molecular flexibility index (Phi) is 6.18. The van der Waals surface area contributed by atoms with Crippen LogP contribution in [0.4, 0.5) is 0 Å². The molecule has 2 N–H and O–H groups in total. The summed E-state index contributed by atoms with van der Waals surface area (Å²) in [6.45, 7) is 5.65. The molecule has 0 saturated heterocycles. The fourth-order valence-electron chi connectivity index (χ4n) is 2.89. The number of quaternary nitrogens is 1. The average molecular weight is 383 g/mol. The van der Waals surface area contributed by atoms with Crippen LogP contribution in [0, 0.1) is 11.3 Å². The van der Waals surface area contributed by atoms with Crippen molar-refractivity contribution in [3.8, 4) is 6.07 Å². The van der Waals surface area contributed by atoms with E-state index in [1.165, 1.54) is 4.88 Å². The van der Waals surface area contributed by atoms with E-state index in [0.717, 1.165) is 47.5 Å². The third kappa shape index (κ3) is 4.67. The summed E-state index contributed by atoms with van der Waals surface area (Å²) >= 11 is 5.14. The lowest BCUT2D eigenvalue weighted by molar-refractivity contribution is -0.899. The van der Waals surface area contributed by atoms with E-state index < -0.39 is 5.54 Å². The zero-order valence-corrected chi connectivity index (χ0v) is 14.9. The molecule has 1 saturated carbocycles. The van der Waals surface area contributed by atoms with Crippen LogP contribution < -0.4 is 10.2 Å². The first-order valence-corrected chi connectivity index (χ1v) is 9.09. The summed E-state index contributed by atoms with van der Waals surface area (Å²) in [7, 11) is 0. The van der Waals surface area contributed by atoms with Crippen molar-refractivity contribution in [2.75, 3.05) is 13.1 Å². The van der Waals surface area contributed by atoms with Gasteiger partial charge in [-0.05, 0) is 59.8 Å². The monoisotopic (exact) mass is 382 g/mol. The number of hydrogen-bond donors (Lipinski definition) is 2. The van der Waals surface area contributed by atoms with E-state index in [1.807, 2.05) is 12.1 Å². The van der Waals surface area contributed by atoms with Crippen molar-refractivity contribution < 1.29 is 9.69 Å². The van der Waals surface area contributed by atoms with Crippen molar-refractivity contribution in [2.24, 2.45) is 0 Å². The molecule has 1 aromatic rings. The third-order valence-corrected chi connectivity index (χ3v) is 5.57. The second kappa shape index (κ2) is 7.91. The van der Waals surface area contributed by atoms with Gasteiger partial charge in [0.15, 0.2) is 6.54 Å². The predicted molar refractivity (Wildman–Crippen MR) is 91.6 cm³/mol. The van der Waals surface area contributed by atoms with Crippen LogP contribution in [0.25, 0.3) is 0 Å². The van der Waals surface area contributed by atoms with Gasteiger partial charge in [0.1, 0.15) is 12.1 Å². The SMILES string of the molecule is C=CC[NH+](CC(=O)NC1(C#N)CCCC1)Cc1ccc(Br)s1. The molecule has 0 radical (unpaired) electrons. The molecule has 1 fully saturated rings. The molecular weight excluding hydrogens is 362 g/mol. The van der Waals surface area contributed by atoms with Gasteiger partial charge >= 0.3 is 0 Å². The molecule has 1 amide bonds. The highest BCUT2D eigenvalue weighted by Crippen LogP contribution is 2.28. The smallest absolute Gasteiger partial charge is 0.276 e. The minimum absolute atomic E-state index is 0.0454. The first kappa shape index (κ1) is 17.2. The van der Waals surface area contributed by atoms with Gasteiger partial charge in [-0.2, -0.15) is 5.26 Å². The summed E-state index contributed by atoms with van der Waals surface area (Å²) < 4.78 is 1.10. The minimum Gasteiger partial charge on any atom is -0.333 e. The van der Waals surface area contributed by atoms with Crippen molar-refractivity contribution in [1.29, 1.82) is 5.26 Å². The Balaban J connectivity index is 1.93. The van der Waals surface area contributed by atoms with Crippen molar-refractivity contribution in [3.63, 3.8) is 0 Å². The van der Waals surface area contributed by atoms with Crippen LogP contribution in [0.15, 0.2) is 28.6 Å². The molecule has 1 aliphatic carbocycles. The van der Waals surface area contributed by atoms with E-state index in [9.17, 15) is 10.1 Å². The Hall–Kier alpha value is -1.16. The molecule has 1 atom stereocenters. The van der Waals surface area contributed by atoms with E-state index in [2.05, 4.69) is 40.0 Å². The molecule has 6 heteroatoms. The largest absolute Gasteiger partial charge is 0.333 e. The first-order valence-electron chi connectivity index (χ1n) is 7.48. The van der Waals surface area contributed by atoms with Gasteiger partial charge in [-0.1, -0.05) is 6.58 Å². The normalized spacial score (nSPS) is 17.6. The summed E-state index contributed by atoms with van der Waals surface area (Å²) in [5, 5.41) is 12.3. The van der Waals surface area contributed by atoms with E-state index >= 15 is 0 Å². The van der Waals surface area contributed by atoms with Gasteiger partial charge in [0.25, 0.3) is 5.91 Å². The number of carbonyl (C=O) groups excluding carboxylic acids is 1. The number of nitrogens with one attached hydrogen (secondary N) is 2. The van der Waals surface area contributed by atoms with Crippen LogP contribution in [-0.2, 0) is 11.3 Å². The van der Waals surface area contributed by atoms with E-state index in [4.69, 9.17) is 0 Å². The Labute approximate surface area is 143 Å². The molecule has 2 rings (SSSR count). The number of nitriles is 1. The van der Waals surface area contributed by atoms with Gasteiger partial charge in [0, 0.05) is 0 Å². The van der Waals surface area contributed by atoms with E-state index in [-0.39, 0.29) is 5.91 Å². The topological polar surface area (TPSA) is 57.3 Å². The molecule has 0 bridgehead atoms. The molecule has 1 heterocycles. The highest BCUT2D eigenvalue weighted by Gasteiger charge is 2.36. The van der Waals surface area contributed by atoms with Crippen LogP contribution in [0.2, 0.25) is 0 Å². The summed E-state index contributed by atoms with van der Waals surface area (Å²) in [4.78, 5) is 14.7. The number of halogens is 1. The Bertz CT molecular complexity index is 572. The molecular formula is C16H21BrN3OS+. The molecule has 118 valence electrons. The summed E-state index contributed by atoms with van der Waals surface area (Å²) in [6, 6.07) is 6.40. The number of carbonyl (C=O) groups is 1. The molecule has 1 unspecified atom stereocenters. The Morgan fingerprint density at radius 1 is 1.55 bits per heavy atom. The number of nitrogens with zero attached hydrogens (tertiary/aromatic N) is 1. The van der Waals surface area contributed by atoms with Crippen LogP contribution >= 0.6 is 27.3 Å².